The van der Waals surface area contributed by atoms with Gasteiger partial charge in [-0.15, -0.1) is 0 Å². The molecule has 0 radical (unpaired) electrons. The van der Waals surface area contributed by atoms with Crippen LogP contribution in [-0.2, 0) is 0 Å². The van der Waals surface area contributed by atoms with Crippen LogP contribution in [0.3, 0.4) is 0 Å². The van der Waals surface area contributed by atoms with Gasteiger partial charge in [-0.05, 0) is 22.3 Å². The third-order valence-electron chi connectivity index (χ3n) is 4.55. The zero-order chi connectivity index (χ0) is 13.0. The molecule has 0 N–H and O–H groups in total. The van der Waals surface area contributed by atoms with Crippen LogP contribution in [0.4, 0.5) is 0 Å². The zero-order valence-corrected chi connectivity index (χ0v) is 10.3. The molecule has 2 aromatic rings. The van der Waals surface area contributed by atoms with Crippen molar-refractivity contribution >= 4 is 0 Å². The smallest absolute Gasteiger partial charge is 0.224 e. The average Bonchev–Trinajstić information content (AvgIpc) is 2.47. The highest BCUT2D eigenvalue weighted by atomic mass is 16.6. The lowest BCUT2D eigenvalue weighted by Gasteiger charge is -2.41. The topological polar surface area (TPSA) is 43.1 Å². The molecule has 0 aliphatic heterocycles. The minimum Gasteiger partial charge on any atom is -0.264 e. The van der Waals surface area contributed by atoms with Gasteiger partial charge in [0.2, 0.25) is 6.04 Å². The quantitative estimate of drug-likeness (QED) is 0.576. The number of hydrogen-bond donors (Lipinski definition) is 0. The fourth-order valence-electron chi connectivity index (χ4n) is 3.81. The summed E-state index contributed by atoms with van der Waals surface area (Å²) in [5.41, 5.74) is 4.87. The van der Waals surface area contributed by atoms with Crippen molar-refractivity contribution in [1.29, 1.82) is 0 Å². The highest BCUT2D eigenvalue weighted by Gasteiger charge is 2.48. The number of nitrogens with zero attached hydrogens (tertiary/aromatic N) is 1. The highest BCUT2D eigenvalue weighted by Crippen LogP contribution is 2.53. The Morgan fingerprint density at radius 1 is 0.895 bits per heavy atom. The molecule has 0 saturated carbocycles. The Hall–Kier alpha value is -2.16. The van der Waals surface area contributed by atoms with Gasteiger partial charge in [-0.3, -0.25) is 10.1 Å². The third kappa shape index (κ3) is 1.33. The lowest BCUT2D eigenvalue weighted by molar-refractivity contribution is -0.528. The Bertz CT molecular complexity index is 632. The standard InChI is InChI=1S/C16H13NO2/c18-17(19)15-9-14-10-5-1-3-7-12(10)16(15)13-8-4-2-6-11(13)14/h1-8,14-16H,9H2. The van der Waals surface area contributed by atoms with Crippen LogP contribution in [-0.4, -0.2) is 11.0 Å². The fraction of sp³-hybridized carbons (Fsp3) is 0.250. The summed E-state index contributed by atoms with van der Waals surface area (Å²) in [6, 6.07) is 15.9. The maximum atomic E-state index is 11.4. The van der Waals surface area contributed by atoms with E-state index in [9.17, 15) is 10.1 Å². The molecule has 3 heteroatoms. The maximum absolute atomic E-state index is 11.4. The number of rotatable bonds is 1. The molecule has 3 nitrogen and oxygen atoms in total. The summed E-state index contributed by atoms with van der Waals surface area (Å²) in [5.74, 6) is 0.111. The van der Waals surface area contributed by atoms with E-state index in [-0.39, 0.29) is 16.8 Å². The molecule has 1 unspecified atom stereocenters. The third-order valence-corrected chi connectivity index (χ3v) is 4.55. The first-order chi connectivity index (χ1) is 9.27. The first kappa shape index (κ1) is 10.7. The van der Waals surface area contributed by atoms with E-state index in [1.807, 2.05) is 24.3 Å². The van der Waals surface area contributed by atoms with Gasteiger partial charge in [-0.2, -0.15) is 0 Å². The summed E-state index contributed by atoms with van der Waals surface area (Å²) in [6.45, 7) is 0. The average molecular weight is 251 g/mol. The van der Waals surface area contributed by atoms with Crippen molar-refractivity contribution in [2.24, 2.45) is 0 Å². The summed E-state index contributed by atoms with van der Waals surface area (Å²) in [7, 11) is 0. The fourth-order valence-corrected chi connectivity index (χ4v) is 3.81. The van der Waals surface area contributed by atoms with Gasteiger partial charge in [0, 0.05) is 17.3 Å². The largest absolute Gasteiger partial charge is 0.264 e. The lowest BCUT2D eigenvalue weighted by Crippen LogP contribution is -2.40. The van der Waals surface area contributed by atoms with E-state index in [1.165, 1.54) is 11.1 Å². The molecule has 0 saturated heterocycles. The van der Waals surface area contributed by atoms with Gasteiger partial charge in [0.15, 0.2) is 0 Å². The SMILES string of the molecule is O=[N+]([O-])C1CC2c3ccccc3C1c1ccccc12. The molecule has 0 spiro atoms. The van der Waals surface area contributed by atoms with Crippen LogP contribution in [0.5, 0.6) is 0 Å². The van der Waals surface area contributed by atoms with Crippen molar-refractivity contribution in [3.8, 4) is 0 Å². The summed E-state index contributed by atoms with van der Waals surface area (Å²) < 4.78 is 0. The molecule has 94 valence electrons. The number of hydrogen-bond acceptors (Lipinski definition) is 2. The van der Waals surface area contributed by atoms with Crippen molar-refractivity contribution in [2.45, 2.75) is 24.3 Å². The Kier molecular flexibility index (Phi) is 2.07. The predicted octanol–water partition coefficient (Wildman–Crippen LogP) is 3.31. The first-order valence-corrected chi connectivity index (χ1v) is 6.58. The second kappa shape index (κ2) is 3.67. The second-order valence-corrected chi connectivity index (χ2v) is 5.38. The minimum atomic E-state index is -0.477. The molecule has 3 aliphatic rings. The molecule has 0 fully saturated rings. The Morgan fingerprint density at radius 2 is 1.37 bits per heavy atom. The van der Waals surface area contributed by atoms with Crippen LogP contribution in [0, 0.1) is 10.1 Å². The number of fused-ring (bicyclic) bond motifs is 1. The molecule has 2 aromatic carbocycles. The molecule has 5 rings (SSSR count). The molecular weight excluding hydrogens is 238 g/mol. The maximum Gasteiger partial charge on any atom is 0.224 e. The second-order valence-electron chi connectivity index (χ2n) is 5.38. The Morgan fingerprint density at radius 3 is 1.84 bits per heavy atom. The normalized spacial score (nSPS) is 26.6. The molecule has 0 heterocycles. The van der Waals surface area contributed by atoms with Crippen LogP contribution in [0.1, 0.15) is 40.5 Å². The van der Waals surface area contributed by atoms with E-state index in [1.54, 1.807) is 0 Å². The molecule has 0 aromatic heterocycles. The van der Waals surface area contributed by atoms with E-state index >= 15 is 0 Å². The van der Waals surface area contributed by atoms with Crippen LogP contribution >= 0.6 is 0 Å². The minimum absolute atomic E-state index is 0.0765. The summed E-state index contributed by atoms with van der Waals surface area (Å²) in [4.78, 5) is 11.3. The van der Waals surface area contributed by atoms with Crippen LogP contribution in [0.25, 0.3) is 0 Å². The van der Waals surface area contributed by atoms with Gasteiger partial charge >= 0.3 is 0 Å². The highest BCUT2D eigenvalue weighted by molar-refractivity contribution is 5.56. The molecule has 0 amide bonds. The van der Waals surface area contributed by atoms with E-state index in [0.717, 1.165) is 11.1 Å². The van der Waals surface area contributed by atoms with Crippen molar-refractivity contribution in [2.75, 3.05) is 0 Å². The molecule has 2 bridgehead atoms. The van der Waals surface area contributed by atoms with Gasteiger partial charge < -0.3 is 0 Å². The van der Waals surface area contributed by atoms with Gasteiger partial charge in [0.1, 0.15) is 0 Å². The molecule has 3 aliphatic carbocycles. The van der Waals surface area contributed by atoms with Gasteiger partial charge in [-0.25, -0.2) is 0 Å². The van der Waals surface area contributed by atoms with Crippen molar-refractivity contribution in [3.05, 3.63) is 80.9 Å². The summed E-state index contributed by atoms with van der Waals surface area (Å²) >= 11 is 0. The van der Waals surface area contributed by atoms with E-state index in [2.05, 4.69) is 24.3 Å². The van der Waals surface area contributed by atoms with E-state index < -0.39 is 6.04 Å². The van der Waals surface area contributed by atoms with Crippen molar-refractivity contribution < 1.29 is 4.92 Å². The van der Waals surface area contributed by atoms with Crippen molar-refractivity contribution in [3.63, 3.8) is 0 Å². The predicted molar refractivity (Wildman–Crippen MR) is 72.0 cm³/mol. The van der Waals surface area contributed by atoms with E-state index in [4.69, 9.17) is 0 Å². The van der Waals surface area contributed by atoms with E-state index in [0.29, 0.717) is 6.42 Å². The Balaban J connectivity index is 2.01. The van der Waals surface area contributed by atoms with Crippen LogP contribution < -0.4 is 0 Å². The molecule has 1 atom stereocenters. The summed E-state index contributed by atoms with van der Waals surface area (Å²) in [6.07, 6.45) is 0.631. The van der Waals surface area contributed by atoms with Crippen molar-refractivity contribution in [1.82, 2.24) is 0 Å². The van der Waals surface area contributed by atoms with Crippen LogP contribution in [0.15, 0.2) is 48.5 Å². The lowest BCUT2D eigenvalue weighted by atomic mass is 9.62. The number of benzene rings is 2. The molecule has 19 heavy (non-hydrogen) atoms. The van der Waals surface area contributed by atoms with Gasteiger partial charge in [0.25, 0.3) is 0 Å². The monoisotopic (exact) mass is 251 g/mol. The molecular formula is C16H13NO2. The first-order valence-electron chi connectivity index (χ1n) is 6.58. The van der Waals surface area contributed by atoms with Crippen LogP contribution in [0.2, 0.25) is 0 Å². The zero-order valence-electron chi connectivity index (χ0n) is 10.3. The number of nitro groups is 1. The van der Waals surface area contributed by atoms with Gasteiger partial charge in [0.05, 0.1) is 5.92 Å². The van der Waals surface area contributed by atoms with Gasteiger partial charge in [-0.1, -0.05) is 48.5 Å². The Labute approximate surface area is 111 Å². The summed E-state index contributed by atoms with van der Waals surface area (Å²) in [5, 5.41) is 11.4.